The molecular weight excluding hydrogens is 232 g/mol. The van der Waals surface area contributed by atoms with Crippen LogP contribution in [0.1, 0.15) is 31.6 Å². The van der Waals surface area contributed by atoms with E-state index in [1.54, 1.807) is 4.52 Å². The summed E-state index contributed by atoms with van der Waals surface area (Å²) in [5.41, 5.74) is 7.08. The van der Waals surface area contributed by atoms with Crippen molar-refractivity contribution in [3.63, 3.8) is 0 Å². The van der Waals surface area contributed by atoms with E-state index in [0.29, 0.717) is 5.82 Å². The lowest BCUT2D eigenvalue weighted by molar-refractivity contribution is -0.0635. The van der Waals surface area contributed by atoms with E-state index in [0.717, 1.165) is 24.1 Å². The maximum Gasteiger partial charge on any atom is 0.151 e. The predicted octanol–water partition coefficient (Wildman–Crippen LogP) is 0.914. The summed E-state index contributed by atoms with van der Waals surface area (Å²) in [6.45, 7) is 1.95. The molecule has 96 valence electrons. The number of hydrogen-bond acceptors (Lipinski definition) is 5. The molecule has 2 aromatic heterocycles. The zero-order valence-corrected chi connectivity index (χ0v) is 10.2. The van der Waals surface area contributed by atoms with Crippen LogP contribution in [0.3, 0.4) is 0 Å². The molecule has 2 aromatic rings. The molecule has 1 saturated heterocycles. The number of nitrogen functional groups attached to an aromatic ring is 1. The minimum absolute atomic E-state index is 0.0317. The van der Waals surface area contributed by atoms with Gasteiger partial charge in [-0.15, -0.1) is 0 Å². The molecule has 0 radical (unpaired) electrons. The van der Waals surface area contributed by atoms with Crippen molar-refractivity contribution >= 4 is 11.3 Å². The average Bonchev–Trinajstić information content (AvgIpc) is 2.94. The second kappa shape index (κ2) is 3.93. The fourth-order valence-corrected chi connectivity index (χ4v) is 2.44. The van der Waals surface area contributed by atoms with E-state index in [1.165, 1.54) is 6.33 Å². The summed E-state index contributed by atoms with van der Waals surface area (Å²) < 4.78 is 7.68. The molecule has 3 rings (SSSR count). The fraction of sp³-hybridized carbons (Fsp3) is 0.500. The van der Waals surface area contributed by atoms with Crippen molar-refractivity contribution in [3.8, 4) is 0 Å². The first kappa shape index (κ1) is 11.4. The molecule has 0 amide bonds. The highest BCUT2D eigenvalue weighted by Crippen LogP contribution is 2.39. The summed E-state index contributed by atoms with van der Waals surface area (Å²) in [7, 11) is 0. The predicted molar refractivity (Wildman–Crippen MR) is 66.0 cm³/mol. The van der Waals surface area contributed by atoms with E-state index < -0.39 is 5.60 Å². The number of aliphatic hydroxyl groups is 1. The van der Waals surface area contributed by atoms with Crippen molar-refractivity contribution in [2.75, 3.05) is 12.3 Å². The van der Waals surface area contributed by atoms with Crippen molar-refractivity contribution in [1.29, 1.82) is 0 Å². The number of aromatic nitrogens is 3. The monoisotopic (exact) mass is 248 g/mol. The van der Waals surface area contributed by atoms with E-state index in [1.807, 2.05) is 19.1 Å². The van der Waals surface area contributed by atoms with Gasteiger partial charge < -0.3 is 15.6 Å². The second-order valence-electron chi connectivity index (χ2n) is 4.95. The van der Waals surface area contributed by atoms with Crippen molar-refractivity contribution in [2.45, 2.75) is 31.5 Å². The zero-order chi connectivity index (χ0) is 12.8. The Morgan fingerprint density at radius 2 is 2.44 bits per heavy atom. The number of anilines is 1. The second-order valence-corrected chi connectivity index (χ2v) is 4.95. The molecule has 3 N–H and O–H groups in total. The molecule has 0 saturated carbocycles. The van der Waals surface area contributed by atoms with Gasteiger partial charge in [0.25, 0.3) is 0 Å². The summed E-state index contributed by atoms with van der Waals surface area (Å²) in [6, 6.07) is 3.84. The van der Waals surface area contributed by atoms with Gasteiger partial charge in [0.2, 0.25) is 0 Å². The molecular formula is C12H16N4O2. The van der Waals surface area contributed by atoms with Gasteiger partial charge in [-0.3, -0.25) is 0 Å². The van der Waals surface area contributed by atoms with Gasteiger partial charge in [0, 0.05) is 0 Å². The van der Waals surface area contributed by atoms with Crippen molar-refractivity contribution in [1.82, 2.24) is 14.6 Å². The number of ether oxygens (including phenoxy) is 1. The number of rotatable bonds is 2. The van der Waals surface area contributed by atoms with Crippen molar-refractivity contribution < 1.29 is 9.84 Å². The Labute approximate surface area is 104 Å². The van der Waals surface area contributed by atoms with Crippen LogP contribution in [0.15, 0.2) is 18.5 Å². The summed E-state index contributed by atoms with van der Waals surface area (Å²) in [5, 5.41) is 13.5. The van der Waals surface area contributed by atoms with Gasteiger partial charge in [-0.25, -0.2) is 9.50 Å². The molecule has 3 heterocycles. The summed E-state index contributed by atoms with van der Waals surface area (Å²) in [6.07, 6.45) is 3.08. The van der Waals surface area contributed by atoms with Gasteiger partial charge in [0.1, 0.15) is 17.9 Å². The Morgan fingerprint density at radius 3 is 3.17 bits per heavy atom. The summed E-state index contributed by atoms with van der Waals surface area (Å²) in [4.78, 5) is 3.96. The van der Waals surface area contributed by atoms with Crippen LogP contribution in [0.25, 0.3) is 5.52 Å². The molecule has 18 heavy (non-hydrogen) atoms. The Kier molecular flexibility index (Phi) is 2.49. The molecule has 1 aliphatic heterocycles. The molecule has 0 spiro atoms. The summed E-state index contributed by atoms with van der Waals surface area (Å²) in [5.74, 6) is 0.458. The van der Waals surface area contributed by atoms with Gasteiger partial charge in [0.15, 0.2) is 5.82 Å². The van der Waals surface area contributed by atoms with Gasteiger partial charge in [-0.1, -0.05) is 0 Å². The molecule has 1 fully saturated rings. The number of aliphatic hydroxyl groups excluding tert-OH is 1. The Hall–Kier alpha value is -1.66. The third-order valence-corrected chi connectivity index (χ3v) is 3.54. The largest absolute Gasteiger partial charge is 0.393 e. The molecule has 2 unspecified atom stereocenters. The van der Waals surface area contributed by atoms with Crippen LogP contribution in [0, 0.1) is 0 Å². The minimum Gasteiger partial charge on any atom is -0.393 e. The van der Waals surface area contributed by atoms with Crippen LogP contribution in [0.2, 0.25) is 0 Å². The van der Waals surface area contributed by atoms with E-state index in [9.17, 15) is 5.11 Å². The summed E-state index contributed by atoms with van der Waals surface area (Å²) >= 11 is 0. The quantitative estimate of drug-likeness (QED) is 0.825. The van der Waals surface area contributed by atoms with Gasteiger partial charge >= 0.3 is 0 Å². The van der Waals surface area contributed by atoms with Crippen LogP contribution in [0.4, 0.5) is 5.82 Å². The molecule has 6 heteroatoms. The first-order chi connectivity index (χ1) is 8.63. The third-order valence-electron chi connectivity index (χ3n) is 3.54. The molecule has 0 bridgehead atoms. The average molecular weight is 248 g/mol. The molecule has 0 aliphatic carbocycles. The van der Waals surface area contributed by atoms with Gasteiger partial charge in [0.05, 0.1) is 17.9 Å². The first-order valence-corrected chi connectivity index (χ1v) is 6.00. The number of nitrogens with two attached hydrogens (primary N) is 1. The molecule has 0 aromatic carbocycles. The number of fused-ring (bicyclic) bond motifs is 1. The molecule has 1 aliphatic rings. The van der Waals surface area contributed by atoms with Crippen LogP contribution in [-0.4, -0.2) is 31.9 Å². The Morgan fingerprint density at radius 1 is 1.61 bits per heavy atom. The van der Waals surface area contributed by atoms with Gasteiger partial charge in [-0.2, -0.15) is 5.10 Å². The van der Waals surface area contributed by atoms with E-state index in [-0.39, 0.29) is 12.7 Å². The Bertz CT molecular complexity index is 582. The SMILES string of the molecule is CC1(CO)CCC(c2ccc3c(N)ncnn23)O1. The Balaban J connectivity index is 1.99. The molecule has 6 nitrogen and oxygen atoms in total. The van der Waals surface area contributed by atoms with Crippen LogP contribution in [-0.2, 0) is 4.74 Å². The normalized spacial score (nSPS) is 28.0. The minimum atomic E-state index is -0.451. The lowest BCUT2D eigenvalue weighted by atomic mass is 10.0. The van der Waals surface area contributed by atoms with E-state index in [2.05, 4.69) is 10.1 Å². The zero-order valence-electron chi connectivity index (χ0n) is 10.2. The maximum absolute atomic E-state index is 9.32. The fourth-order valence-electron chi connectivity index (χ4n) is 2.44. The van der Waals surface area contributed by atoms with Crippen molar-refractivity contribution in [2.24, 2.45) is 0 Å². The first-order valence-electron chi connectivity index (χ1n) is 6.00. The number of hydrogen-bond donors (Lipinski definition) is 2. The highest BCUT2D eigenvalue weighted by atomic mass is 16.5. The third kappa shape index (κ3) is 1.65. The van der Waals surface area contributed by atoms with E-state index in [4.69, 9.17) is 10.5 Å². The van der Waals surface area contributed by atoms with Crippen LogP contribution >= 0.6 is 0 Å². The topological polar surface area (TPSA) is 85.7 Å². The highest BCUT2D eigenvalue weighted by molar-refractivity contribution is 5.65. The highest BCUT2D eigenvalue weighted by Gasteiger charge is 2.37. The molecule has 2 atom stereocenters. The maximum atomic E-state index is 9.32. The van der Waals surface area contributed by atoms with Crippen molar-refractivity contribution in [3.05, 3.63) is 24.2 Å². The smallest absolute Gasteiger partial charge is 0.151 e. The van der Waals surface area contributed by atoms with E-state index >= 15 is 0 Å². The number of nitrogens with zero attached hydrogens (tertiary/aromatic N) is 3. The van der Waals surface area contributed by atoms with Crippen LogP contribution in [0.5, 0.6) is 0 Å². The standard InChI is InChI=1S/C12H16N4O2/c1-12(6-17)5-4-10(18-12)8-2-3-9-11(13)14-7-15-16(8)9/h2-3,7,10,17H,4-6H2,1H3,(H2,13,14,15). The van der Waals surface area contributed by atoms with Crippen LogP contribution < -0.4 is 5.73 Å². The van der Waals surface area contributed by atoms with Gasteiger partial charge in [-0.05, 0) is 31.9 Å². The lowest BCUT2D eigenvalue weighted by Crippen LogP contribution is -2.28. The lowest BCUT2D eigenvalue weighted by Gasteiger charge is -2.21.